The molecule has 0 aliphatic carbocycles. The normalized spacial score (nSPS) is 10.9. The summed E-state index contributed by atoms with van der Waals surface area (Å²) in [5, 5.41) is 7.75. The van der Waals surface area contributed by atoms with Gasteiger partial charge >= 0.3 is 0 Å². The van der Waals surface area contributed by atoms with E-state index in [4.69, 9.17) is 11.6 Å². The molecule has 0 saturated carbocycles. The molecule has 0 radical (unpaired) electrons. The van der Waals surface area contributed by atoms with Crippen LogP contribution in [0.4, 0.5) is 5.69 Å². The zero-order chi connectivity index (χ0) is 20.6. The number of nitrogens with one attached hydrogen (secondary N) is 1. The highest BCUT2D eigenvalue weighted by Gasteiger charge is 2.18. The first-order valence-electron chi connectivity index (χ1n) is 8.85. The maximum atomic E-state index is 12.9. The number of aryl methyl sites for hydroxylation is 4. The van der Waals surface area contributed by atoms with Gasteiger partial charge in [0.2, 0.25) is 11.9 Å². The van der Waals surface area contributed by atoms with E-state index in [2.05, 4.69) is 15.4 Å². The van der Waals surface area contributed by atoms with Crippen LogP contribution in [0.25, 0.3) is 5.95 Å². The van der Waals surface area contributed by atoms with Crippen LogP contribution in [0.3, 0.4) is 0 Å². The largest absolute Gasteiger partial charge is 0.324 e. The van der Waals surface area contributed by atoms with Gasteiger partial charge in [-0.05, 0) is 58.4 Å². The molecule has 146 valence electrons. The molecule has 3 aromatic rings. The molecule has 2 heterocycles. The first-order chi connectivity index (χ1) is 13.2. The second-order valence-electron chi connectivity index (χ2n) is 6.86. The highest BCUT2D eigenvalue weighted by Crippen LogP contribution is 2.20. The van der Waals surface area contributed by atoms with Crippen molar-refractivity contribution in [2.45, 2.75) is 41.2 Å². The Bertz CT molecular complexity index is 1130. The maximum Gasteiger partial charge on any atom is 0.258 e. The maximum absolute atomic E-state index is 12.9. The molecule has 0 unspecified atom stereocenters. The van der Waals surface area contributed by atoms with Gasteiger partial charge in [-0.15, -0.1) is 0 Å². The van der Waals surface area contributed by atoms with Crippen LogP contribution in [0.5, 0.6) is 0 Å². The topological polar surface area (TPSA) is 81.8 Å². The third-order valence-electron chi connectivity index (χ3n) is 4.57. The number of benzene rings is 1. The average molecular weight is 400 g/mol. The predicted octanol–water partition coefficient (Wildman–Crippen LogP) is 3.26. The van der Waals surface area contributed by atoms with Gasteiger partial charge in [-0.25, -0.2) is 9.67 Å². The fourth-order valence-electron chi connectivity index (χ4n) is 2.89. The lowest BCUT2D eigenvalue weighted by Gasteiger charge is -2.15. The molecular weight excluding hydrogens is 378 g/mol. The number of rotatable bonds is 4. The van der Waals surface area contributed by atoms with Crippen LogP contribution in [-0.4, -0.2) is 25.2 Å². The van der Waals surface area contributed by atoms with Gasteiger partial charge < -0.3 is 5.32 Å². The molecule has 0 spiro atoms. The summed E-state index contributed by atoms with van der Waals surface area (Å²) in [4.78, 5) is 30.0. The van der Waals surface area contributed by atoms with E-state index >= 15 is 0 Å². The third kappa shape index (κ3) is 3.84. The standard InChI is InChI=1S/C20H22ClN5O2/c1-11-6-7-16(9-17(11)21)23-18(27)10-25-19(28)14(4)15(5)22-20(25)26-13(3)8-12(2)24-26/h6-9H,10H2,1-5H3,(H,23,27). The monoisotopic (exact) mass is 399 g/mol. The van der Waals surface area contributed by atoms with Crippen LogP contribution < -0.4 is 10.9 Å². The zero-order valence-electron chi connectivity index (χ0n) is 16.5. The van der Waals surface area contributed by atoms with Crippen molar-refractivity contribution in [1.82, 2.24) is 19.3 Å². The molecule has 0 aliphatic heterocycles. The van der Waals surface area contributed by atoms with Crippen molar-refractivity contribution < 1.29 is 4.79 Å². The molecule has 0 fully saturated rings. The van der Waals surface area contributed by atoms with Gasteiger partial charge in [-0.1, -0.05) is 17.7 Å². The molecule has 0 aliphatic rings. The quantitative estimate of drug-likeness (QED) is 0.730. The van der Waals surface area contributed by atoms with E-state index in [-0.39, 0.29) is 18.0 Å². The summed E-state index contributed by atoms with van der Waals surface area (Å²) >= 11 is 6.12. The van der Waals surface area contributed by atoms with Gasteiger partial charge in [0.1, 0.15) is 6.54 Å². The lowest BCUT2D eigenvalue weighted by molar-refractivity contribution is -0.116. The molecular formula is C20H22ClN5O2. The van der Waals surface area contributed by atoms with Gasteiger partial charge in [0.05, 0.1) is 5.69 Å². The number of anilines is 1. The molecule has 1 amide bonds. The van der Waals surface area contributed by atoms with Crippen LogP contribution in [0.2, 0.25) is 5.02 Å². The van der Waals surface area contributed by atoms with Crippen LogP contribution in [0.15, 0.2) is 29.1 Å². The molecule has 0 saturated heterocycles. The predicted molar refractivity (Wildman–Crippen MR) is 109 cm³/mol. The summed E-state index contributed by atoms with van der Waals surface area (Å²) in [7, 11) is 0. The summed E-state index contributed by atoms with van der Waals surface area (Å²) in [6.45, 7) is 8.90. The summed E-state index contributed by atoms with van der Waals surface area (Å²) in [5.74, 6) is -0.0364. The van der Waals surface area contributed by atoms with E-state index < -0.39 is 0 Å². The van der Waals surface area contributed by atoms with E-state index in [0.29, 0.717) is 27.9 Å². The SMILES string of the molecule is Cc1cc(C)n(-c2nc(C)c(C)c(=O)n2CC(=O)Nc2ccc(C)c(Cl)c2)n1. The summed E-state index contributed by atoms with van der Waals surface area (Å²) < 4.78 is 2.92. The van der Waals surface area contributed by atoms with Crippen LogP contribution in [0, 0.1) is 34.6 Å². The molecule has 1 N–H and O–H groups in total. The summed E-state index contributed by atoms with van der Waals surface area (Å²) in [6, 6.07) is 7.16. The van der Waals surface area contributed by atoms with Crippen molar-refractivity contribution in [3.05, 3.63) is 67.9 Å². The fraction of sp³-hybridized carbons (Fsp3) is 0.300. The first kappa shape index (κ1) is 19.8. The molecule has 8 heteroatoms. The van der Waals surface area contributed by atoms with E-state index in [1.807, 2.05) is 32.9 Å². The van der Waals surface area contributed by atoms with Crippen molar-refractivity contribution in [2.24, 2.45) is 0 Å². The van der Waals surface area contributed by atoms with E-state index in [1.54, 1.807) is 30.7 Å². The lowest BCUT2D eigenvalue weighted by Crippen LogP contribution is -2.33. The lowest BCUT2D eigenvalue weighted by atomic mass is 10.2. The van der Waals surface area contributed by atoms with Crippen molar-refractivity contribution in [3.63, 3.8) is 0 Å². The minimum atomic E-state index is -0.352. The van der Waals surface area contributed by atoms with Gasteiger partial charge in [-0.2, -0.15) is 5.10 Å². The number of aromatic nitrogens is 4. The Balaban J connectivity index is 1.99. The van der Waals surface area contributed by atoms with Crippen LogP contribution in [0.1, 0.15) is 28.2 Å². The summed E-state index contributed by atoms with van der Waals surface area (Å²) in [5.41, 5.74) is 3.94. The summed E-state index contributed by atoms with van der Waals surface area (Å²) in [6.07, 6.45) is 0. The number of halogens is 1. The van der Waals surface area contributed by atoms with E-state index in [9.17, 15) is 9.59 Å². The number of carbonyl (C=O) groups excluding carboxylic acids is 1. The minimum absolute atomic E-state index is 0.188. The van der Waals surface area contributed by atoms with Crippen molar-refractivity contribution in [2.75, 3.05) is 5.32 Å². The highest BCUT2D eigenvalue weighted by atomic mass is 35.5. The van der Waals surface area contributed by atoms with E-state index in [0.717, 1.165) is 17.0 Å². The second-order valence-corrected chi connectivity index (χ2v) is 7.27. The van der Waals surface area contributed by atoms with Crippen LogP contribution in [-0.2, 0) is 11.3 Å². The van der Waals surface area contributed by atoms with E-state index in [1.165, 1.54) is 4.57 Å². The molecule has 1 aromatic carbocycles. The molecule has 0 bridgehead atoms. The van der Waals surface area contributed by atoms with Crippen molar-refractivity contribution in [1.29, 1.82) is 0 Å². The smallest absolute Gasteiger partial charge is 0.258 e. The van der Waals surface area contributed by atoms with Gasteiger partial charge in [0.15, 0.2) is 0 Å². The second kappa shape index (κ2) is 7.59. The molecule has 2 aromatic heterocycles. The molecule has 0 atom stereocenters. The number of amides is 1. The van der Waals surface area contributed by atoms with Gasteiger partial charge in [0, 0.05) is 27.7 Å². The number of nitrogens with zero attached hydrogens (tertiary/aromatic N) is 4. The Labute approximate surface area is 168 Å². The number of hydrogen-bond donors (Lipinski definition) is 1. The van der Waals surface area contributed by atoms with Gasteiger partial charge in [0.25, 0.3) is 5.56 Å². The minimum Gasteiger partial charge on any atom is -0.324 e. The molecule has 7 nitrogen and oxygen atoms in total. The van der Waals surface area contributed by atoms with Crippen molar-refractivity contribution >= 4 is 23.2 Å². The van der Waals surface area contributed by atoms with Crippen LogP contribution >= 0.6 is 11.6 Å². The first-order valence-corrected chi connectivity index (χ1v) is 9.23. The Kier molecular flexibility index (Phi) is 5.38. The Morgan fingerprint density at radius 2 is 1.86 bits per heavy atom. The Morgan fingerprint density at radius 3 is 2.46 bits per heavy atom. The molecule has 3 rings (SSSR count). The number of carbonyl (C=O) groups is 1. The zero-order valence-corrected chi connectivity index (χ0v) is 17.3. The van der Waals surface area contributed by atoms with Crippen molar-refractivity contribution in [3.8, 4) is 5.95 Å². The Morgan fingerprint density at radius 1 is 1.14 bits per heavy atom. The number of hydrogen-bond acceptors (Lipinski definition) is 4. The Hall–Kier alpha value is -2.93. The van der Waals surface area contributed by atoms with Gasteiger partial charge in [-0.3, -0.25) is 14.2 Å². The molecule has 28 heavy (non-hydrogen) atoms. The third-order valence-corrected chi connectivity index (χ3v) is 4.98. The fourth-order valence-corrected chi connectivity index (χ4v) is 3.07. The average Bonchev–Trinajstić information content (AvgIpc) is 2.96. The highest BCUT2D eigenvalue weighted by molar-refractivity contribution is 6.31.